The smallest absolute Gasteiger partial charge is 0.273 e. The Morgan fingerprint density at radius 1 is 1.19 bits per heavy atom. The monoisotopic (exact) mass is 340 g/mol. The number of sulfonamides is 1. The zero-order valence-corrected chi connectivity index (χ0v) is 12.8. The zero-order valence-electron chi connectivity index (χ0n) is 10.4. The normalized spacial score (nSPS) is 11.5. The van der Waals surface area contributed by atoms with Crippen molar-refractivity contribution in [3.8, 4) is 11.3 Å². The van der Waals surface area contributed by atoms with Gasteiger partial charge in [0.25, 0.3) is 10.0 Å². The van der Waals surface area contributed by atoms with Gasteiger partial charge in [-0.3, -0.25) is 4.72 Å². The molecule has 0 amide bonds. The summed E-state index contributed by atoms with van der Waals surface area (Å²) in [5.74, 6) is 0. The third-order valence-corrected chi connectivity index (χ3v) is 5.62. The number of hydrogen-bond acceptors (Lipinski definition) is 5. The van der Waals surface area contributed by atoms with Crippen LogP contribution < -0.4 is 4.72 Å². The molecule has 0 spiro atoms. The number of anilines is 1. The quantitative estimate of drug-likeness (QED) is 0.764. The number of imidazole rings is 1. The predicted octanol–water partition coefficient (Wildman–Crippen LogP) is 2.99. The first-order valence-corrected chi connectivity index (χ1v) is 8.45. The minimum Gasteiger partial charge on any atom is -0.345 e. The number of benzene rings is 1. The van der Waals surface area contributed by atoms with E-state index in [1.807, 2.05) is 0 Å². The van der Waals surface area contributed by atoms with E-state index in [1.165, 1.54) is 6.20 Å². The third-order valence-electron chi connectivity index (χ3n) is 2.67. The summed E-state index contributed by atoms with van der Waals surface area (Å²) in [4.78, 5) is 10.6. The lowest BCUT2D eigenvalue weighted by molar-refractivity contribution is 0.603. The molecule has 0 aliphatic heterocycles. The second-order valence-corrected chi connectivity index (χ2v) is 7.60. The maximum Gasteiger partial charge on any atom is 0.273 e. The molecule has 6 nitrogen and oxygen atoms in total. The van der Waals surface area contributed by atoms with Gasteiger partial charge in [-0.2, -0.15) is 0 Å². The van der Waals surface area contributed by atoms with Crippen LogP contribution in [-0.4, -0.2) is 23.4 Å². The summed E-state index contributed by atoms with van der Waals surface area (Å²) in [6.07, 6.45) is 4.51. The molecule has 2 heterocycles. The molecule has 1 aromatic carbocycles. The van der Waals surface area contributed by atoms with Gasteiger partial charge in [0, 0.05) is 5.69 Å². The fraction of sp³-hybridized carbons (Fsp3) is 0. The Hall–Kier alpha value is -1.90. The van der Waals surface area contributed by atoms with E-state index in [-0.39, 0.29) is 8.68 Å². The number of aromatic amines is 1. The van der Waals surface area contributed by atoms with E-state index in [0.717, 1.165) is 22.6 Å². The second-order valence-electron chi connectivity index (χ2n) is 4.08. The molecule has 0 saturated heterocycles. The van der Waals surface area contributed by atoms with Gasteiger partial charge < -0.3 is 4.98 Å². The molecule has 0 unspecified atom stereocenters. The topological polar surface area (TPSA) is 87.7 Å². The number of aromatic nitrogens is 3. The largest absolute Gasteiger partial charge is 0.345 e. The maximum absolute atomic E-state index is 12.1. The van der Waals surface area contributed by atoms with Crippen LogP contribution in [0.5, 0.6) is 0 Å². The van der Waals surface area contributed by atoms with Crippen LogP contribution in [0, 0.1) is 0 Å². The van der Waals surface area contributed by atoms with Crippen molar-refractivity contribution in [2.24, 2.45) is 0 Å². The lowest BCUT2D eigenvalue weighted by Gasteiger charge is -2.06. The molecular formula is C12H9ClN4O2S2. The van der Waals surface area contributed by atoms with E-state index in [4.69, 9.17) is 11.6 Å². The molecule has 108 valence electrons. The number of hydrogen-bond donors (Lipinski definition) is 2. The van der Waals surface area contributed by atoms with Crippen LogP contribution in [0.2, 0.25) is 4.47 Å². The van der Waals surface area contributed by atoms with E-state index >= 15 is 0 Å². The van der Waals surface area contributed by atoms with E-state index < -0.39 is 10.0 Å². The predicted molar refractivity (Wildman–Crippen MR) is 82.0 cm³/mol. The second kappa shape index (κ2) is 5.47. The molecule has 0 radical (unpaired) electrons. The van der Waals surface area contributed by atoms with Gasteiger partial charge in [-0.05, 0) is 17.7 Å². The molecule has 9 heteroatoms. The highest BCUT2D eigenvalue weighted by Gasteiger charge is 2.17. The fourth-order valence-electron chi connectivity index (χ4n) is 1.70. The van der Waals surface area contributed by atoms with Crippen molar-refractivity contribution < 1.29 is 8.42 Å². The molecule has 0 saturated carbocycles. The molecule has 2 N–H and O–H groups in total. The maximum atomic E-state index is 12.1. The van der Waals surface area contributed by atoms with Crippen LogP contribution in [0.3, 0.4) is 0 Å². The molecule has 0 atom stereocenters. The van der Waals surface area contributed by atoms with Crippen LogP contribution in [0.4, 0.5) is 5.69 Å². The standard InChI is InChI=1S/C12H9ClN4O2S2/c13-12-15-6-11(20-12)21(18,19)17-9-3-1-8(2-4-9)10-5-14-7-16-10/h1-7,17H,(H,14,16). The molecule has 2 aromatic heterocycles. The van der Waals surface area contributed by atoms with E-state index in [1.54, 1.807) is 36.8 Å². The number of halogens is 1. The SMILES string of the molecule is O=S(=O)(Nc1ccc(-c2cnc[nH]2)cc1)c1cnc(Cl)s1. The van der Waals surface area contributed by atoms with E-state index in [0.29, 0.717) is 5.69 Å². The Kier molecular flexibility index (Phi) is 3.66. The Labute approximate surface area is 129 Å². The van der Waals surface area contributed by atoms with Crippen LogP contribution in [-0.2, 0) is 10.0 Å². The number of nitrogens with one attached hydrogen (secondary N) is 2. The Morgan fingerprint density at radius 3 is 2.52 bits per heavy atom. The number of rotatable bonds is 4. The molecule has 0 fully saturated rings. The lowest BCUT2D eigenvalue weighted by Crippen LogP contribution is -2.11. The van der Waals surface area contributed by atoms with Crippen LogP contribution >= 0.6 is 22.9 Å². The molecule has 0 aliphatic carbocycles. The van der Waals surface area contributed by atoms with Crippen molar-refractivity contribution in [1.29, 1.82) is 0 Å². The number of thiazole rings is 1. The highest BCUT2D eigenvalue weighted by Crippen LogP contribution is 2.25. The van der Waals surface area contributed by atoms with Crippen LogP contribution in [0.1, 0.15) is 0 Å². The molecular weight excluding hydrogens is 332 g/mol. The highest BCUT2D eigenvalue weighted by molar-refractivity contribution is 7.94. The van der Waals surface area contributed by atoms with Gasteiger partial charge in [-0.15, -0.1) is 0 Å². The van der Waals surface area contributed by atoms with Crippen molar-refractivity contribution >= 4 is 38.6 Å². The zero-order chi connectivity index (χ0) is 14.9. The van der Waals surface area contributed by atoms with Gasteiger partial charge in [0.1, 0.15) is 0 Å². The Bertz CT molecular complexity index is 842. The van der Waals surface area contributed by atoms with Crippen molar-refractivity contribution in [3.63, 3.8) is 0 Å². The van der Waals surface area contributed by atoms with Gasteiger partial charge >= 0.3 is 0 Å². The summed E-state index contributed by atoms with van der Waals surface area (Å²) < 4.78 is 27.0. The average Bonchev–Trinajstić information content (AvgIpc) is 3.10. The highest BCUT2D eigenvalue weighted by atomic mass is 35.5. The van der Waals surface area contributed by atoms with Crippen molar-refractivity contribution in [1.82, 2.24) is 15.0 Å². The van der Waals surface area contributed by atoms with E-state index in [2.05, 4.69) is 19.7 Å². The van der Waals surface area contributed by atoms with Crippen molar-refractivity contribution in [3.05, 3.63) is 47.5 Å². The third kappa shape index (κ3) is 3.07. The summed E-state index contributed by atoms with van der Waals surface area (Å²) in [6.45, 7) is 0. The van der Waals surface area contributed by atoms with Gasteiger partial charge in [-0.25, -0.2) is 18.4 Å². The van der Waals surface area contributed by atoms with Crippen LogP contribution in [0.15, 0.2) is 47.2 Å². The molecule has 3 aromatic rings. The van der Waals surface area contributed by atoms with E-state index in [9.17, 15) is 8.42 Å². The molecule has 0 aliphatic rings. The van der Waals surface area contributed by atoms with Gasteiger partial charge in [0.2, 0.25) is 0 Å². The van der Waals surface area contributed by atoms with Gasteiger partial charge in [-0.1, -0.05) is 35.1 Å². The first-order chi connectivity index (χ1) is 10.0. The molecule has 21 heavy (non-hydrogen) atoms. The fourth-order valence-corrected chi connectivity index (χ4v) is 4.05. The molecule has 0 bridgehead atoms. The summed E-state index contributed by atoms with van der Waals surface area (Å²) in [5, 5.41) is 0. The number of nitrogens with zero attached hydrogens (tertiary/aromatic N) is 2. The summed E-state index contributed by atoms with van der Waals surface area (Å²) in [5.41, 5.74) is 2.23. The summed E-state index contributed by atoms with van der Waals surface area (Å²) in [6, 6.07) is 6.95. The first kappa shape index (κ1) is 14.1. The van der Waals surface area contributed by atoms with Crippen molar-refractivity contribution in [2.45, 2.75) is 4.21 Å². The number of H-pyrrole nitrogens is 1. The Morgan fingerprint density at radius 2 is 1.95 bits per heavy atom. The first-order valence-electron chi connectivity index (χ1n) is 5.77. The summed E-state index contributed by atoms with van der Waals surface area (Å²) in [7, 11) is -3.66. The summed E-state index contributed by atoms with van der Waals surface area (Å²) >= 11 is 6.56. The van der Waals surface area contributed by atoms with Gasteiger partial charge in [0.15, 0.2) is 8.68 Å². The minimum atomic E-state index is -3.66. The van der Waals surface area contributed by atoms with Gasteiger partial charge in [0.05, 0.1) is 24.4 Å². The Balaban J connectivity index is 1.82. The minimum absolute atomic E-state index is 0.0742. The van der Waals surface area contributed by atoms with Crippen LogP contribution in [0.25, 0.3) is 11.3 Å². The van der Waals surface area contributed by atoms with Crippen molar-refractivity contribution in [2.75, 3.05) is 4.72 Å². The lowest BCUT2D eigenvalue weighted by atomic mass is 10.1. The molecule has 3 rings (SSSR count). The average molecular weight is 341 g/mol.